The molecule has 4 N–H and O–H groups in total. The van der Waals surface area contributed by atoms with E-state index in [2.05, 4.69) is 34.1 Å². The number of hydrogen-bond acceptors (Lipinski definition) is 4. The van der Waals surface area contributed by atoms with E-state index in [-0.39, 0.29) is 0 Å². The van der Waals surface area contributed by atoms with Crippen LogP contribution >= 0.6 is 0 Å². The van der Waals surface area contributed by atoms with Gasteiger partial charge in [0.15, 0.2) is 0 Å². The average Bonchev–Trinajstić information content (AvgIpc) is 3.03. The van der Waals surface area contributed by atoms with Crippen molar-refractivity contribution in [2.24, 2.45) is 11.5 Å². The molecule has 2 aromatic rings. The molecule has 0 spiro atoms. The molecule has 126 valence electrons. The quantitative estimate of drug-likeness (QED) is 0.905. The van der Waals surface area contributed by atoms with Crippen molar-refractivity contribution in [1.29, 1.82) is 0 Å². The third-order valence-corrected chi connectivity index (χ3v) is 4.78. The summed E-state index contributed by atoms with van der Waals surface area (Å²) in [6, 6.07) is 10.8. The molecule has 1 aliphatic heterocycles. The van der Waals surface area contributed by atoms with E-state index >= 15 is 0 Å². The van der Waals surface area contributed by atoms with Gasteiger partial charge in [0.05, 0.1) is 17.3 Å². The van der Waals surface area contributed by atoms with Crippen LogP contribution in [-0.2, 0) is 6.54 Å². The number of pyridine rings is 1. The molecular weight excluding hydrogens is 300 g/mol. The van der Waals surface area contributed by atoms with Crippen LogP contribution in [0.4, 0.5) is 5.82 Å². The Hall–Kier alpha value is -2.40. The number of nitrogens with two attached hydrogens (primary N) is 2. The van der Waals surface area contributed by atoms with Gasteiger partial charge in [0.25, 0.3) is 5.91 Å². The van der Waals surface area contributed by atoms with E-state index in [1.807, 2.05) is 19.9 Å². The van der Waals surface area contributed by atoms with Crippen molar-refractivity contribution in [1.82, 2.24) is 4.98 Å². The maximum Gasteiger partial charge on any atom is 0.250 e. The maximum absolute atomic E-state index is 11.6. The number of nitrogens with zero attached hydrogens (tertiary/aromatic N) is 2. The SMILES string of the molecule is Cc1cc(N2CCC[C@H]2c2ccc(CN)cc2)nc(C)c1C(N)=O. The first-order valence-corrected chi connectivity index (χ1v) is 8.35. The first kappa shape index (κ1) is 16.5. The highest BCUT2D eigenvalue weighted by Crippen LogP contribution is 2.36. The standard InChI is InChI=1S/C19H24N4O/c1-12-10-17(22-13(2)18(12)19(21)24)23-9-3-4-16(23)15-7-5-14(11-20)6-8-15/h5-8,10,16H,3-4,9,11,20H2,1-2H3,(H2,21,24)/t16-/m0/s1. The Morgan fingerprint density at radius 2 is 2.00 bits per heavy atom. The zero-order chi connectivity index (χ0) is 17.3. The van der Waals surface area contributed by atoms with Gasteiger partial charge in [0, 0.05) is 13.1 Å². The summed E-state index contributed by atoms with van der Waals surface area (Å²) in [5.41, 5.74) is 15.7. The molecule has 3 rings (SSSR count). The number of amides is 1. The van der Waals surface area contributed by atoms with Crippen molar-refractivity contribution in [2.45, 2.75) is 39.3 Å². The fourth-order valence-electron chi connectivity index (χ4n) is 3.59. The van der Waals surface area contributed by atoms with Gasteiger partial charge in [-0.3, -0.25) is 4.79 Å². The van der Waals surface area contributed by atoms with Gasteiger partial charge in [-0.25, -0.2) is 4.98 Å². The highest BCUT2D eigenvalue weighted by molar-refractivity contribution is 5.95. The summed E-state index contributed by atoms with van der Waals surface area (Å²) in [7, 11) is 0. The summed E-state index contributed by atoms with van der Waals surface area (Å²) in [4.78, 5) is 18.6. The molecule has 5 heteroatoms. The largest absolute Gasteiger partial charge is 0.366 e. The second-order valence-corrected chi connectivity index (χ2v) is 6.42. The first-order chi connectivity index (χ1) is 11.5. The fraction of sp³-hybridized carbons (Fsp3) is 0.368. The van der Waals surface area contributed by atoms with Crippen molar-refractivity contribution in [3.8, 4) is 0 Å². The first-order valence-electron chi connectivity index (χ1n) is 8.35. The minimum absolute atomic E-state index is 0.308. The zero-order valence-electron chi connectivity index (χ0n) is 14.2. The Bertz CT molecular complexity index is 731. The van der Waals surface area contributed by atoms with E-state index in [0.29, 0.717) is 23.8 Å². The summed E-state index contributed by atoms with van der Waals surface area (Å²) in [6.07, 6.45) is 2.22. The summed E-state index contributed by atoms with van der Waals surface area (Å²) in [6.45, 7) is 5.28. The highest BCUT2D eigenvalue weighted by Gasteiger charge is 2.28. The number of carbonyl (C=O) groups is 1. The lowest BCUT2D eigenvalue weighted by Gasteiger charge is -2.27. The molecule has 2 heterocycles. The Morgan fingerprint density at radius 1 is 1.29 bits per heavy atom. The lowest BCUT2D eigenvalue weighted by atomic mass is 10.0. The second kappa shape index (κ2) is 6.61. The van der Waals surface area contributed by atoms with E-state index in [9.17, 15) is 4.79 Å². The number of rotatable bonds is 4. The lowest BCUT2D eigenvalue weighted by molar-refractivity contribution is 0.0999. The van der Waals surface area contributed by atoms with E-state index in [0.717, 1.165) is 36.3 Å². The van der Waals surface area contributed by atoms with Gasteiger partial charge in [0.1, 0.15) is 5.82 Å². The van der Waals surface area contributed by atoms with Gasteiger partial charge in [0.2, 0.25) is 0 Å². The van der Waals surface area contributed by atoms with Gasteiger partial charge in [-0.1, -0.05) is 24.3 Å². The lowest BCUT2D eigenvalue weighted by Crippen LogP contribution is -2.25. The Kier molecular flexibility index (Phi) is 4.53. The molecule has 1 aromatic carbocycles. The molecule has 1 fully saturated rings. The molecule has 24 heavy (non-hydrogen) atoms. The van der Waals surface area contributed by atoms with Crippen molar-refractivity contribution < 1.29 is 4.79 Å². The minimum atomic E-state index is -0.417. The van der Waals surface area contributed by atoms with Crippen molar-refractivity contribution in [2.75, 3.05) is 11.4 Å². The summed E-state index contributed by atoms with van der Waals surface area (Å²) in [5.74, 6) is 0.500. The highest BCUT2D eigenvalue weighted by atomic mass is 16.1. The summed E-state index contributed by atoms with van der Waals surface area (Å²) < 4.78 is 0. The van der Waals surface area contributed by atoms with Crippen LogP contribution in [0.1, 0.15) is 51.6 Å². The van der Waals surface area contributed by atoms with Gasteiger partial charge in [-0.15, -0.1) is 0 Å². The number of benzene rings is 1. The van der Waals surface area contributed by atoms with Crippen LogP contribution in [0.2, 0.25) is 0 Å². The minimum Gasteiger partial charge on any atom is -0.366 e. The number of anilines is 1. The van der Waals surface area contributed by atoms with Gasteiger partial charge in [-0.05, 0) is 49.4 Å². The van der Waals surface area contributed by atoms with Crippen LogP contribution in [-0.4, -0.2) is 17.4 Å². The molecule has 1 aliphatic rings. The predicted octanol–water partition coefficient (Wildman–Crippen LogP) is 2.60. The van der Waals surface area contributed by atoms with Crippen molar-refractivity contribution in [3.63, 3.8) is 0 Å². The smallest absolute Gasteiger partial charge is 0.250 e. The Labute approximate surface area is 142 Å². The molecule has 1 aromatic heterocycles. The predicted molar refractivity (Wildman–Crippen MR) is 95.9 cm³/mol. The van der Waals surface area contributed by atoms with Gasteiger partial charge < -0.3 is 16.4 Å². The molecule has 0 saturated carbocycles. The maximum atomic E-state index is 11.6. The topological polar surface area (TPSA) is 85.2 Å². The molecule has 0 aliphatic carbocycles. The van der Waals surface area contributed by atoms with Crippen LogP contribution in [0.5, 0.6) is 0 Å². The van der Waals surface area contributed by atoms with Crippen LogP contribution in [0.15, 0.2) is 30.3 Å². The molecule has 1 atom stereocenters. The van der Waals surface area contributed by atoms with Crippen molar-refractivity contribution in [3.05, 3.63) is 58.3 Å². The third-order valence-electron chi connectivity index (χ3n) is 4.78. The van der Waals surface area contributed by atoms with Crippen LogP contribution < -0.4 is 16.4 Å². The molecule has 0 unspecified atom stereocenters. The summed E-state index contributed by atoms with van der Waals surface area (Å²) >= 11 is 0. The fourth-order valence-corrected chi connectivity index (χ4v) is 3.59. The third kappa shape index (κ3) is 2.99. The number of aromatic nitrogens is 1. The monoisotopic (exact) mass is 324 g/mol. The van der Waals surface area contributed by atoms with Crippen LogP contribution in [0.3, 0.4) is 0 Å². The van der Waals surface area contributed by atoms with Crippen molar-refractivity contribution >= 4 is 11.7 Å². The second-order valence-electron chi connectivity index (χ2n) is 6.42. The van der Waals surface area contributed by atoms with E-state index in [4.69, 9.17) is 11.5 Å². The van der Waals surface area contributed by atoms with E-state index in [1.165, 1.54) is 5.56 Å². The van der Waals surface area contributed by atoms with Crippen LogP contribution in [0, 0.1) is 13.8 Å². The number of hydrogen-bond donors (Lipinski definition) is 2. The molecular formula is C19H24N4O. The van der Waals surface area contributed by atoms with E-state index < -0.39 is 5.91 Å². The number of carbonyl (C=O) groups excluding carboxylic acids is 1. The van der Waals surface area contributed by atoms with Crippen LogP contribution in [0.25, 0.3) is 0 Å². The average molecular weight is 324 g/mol. The van der Waals surface area contributed by atoms with Gasteiger partial charge in [-0.2, -0.15) is 0 Å². The Balaban J connectivity index is 1.94. The molecule has 5 nitrogen and oxygen atoms in total. The van der Waals surface area contributed by atoms with Gasteiger partial charge >= 0.3 is 0 Å². The van der Waals surface area contributed by atoms with E-state index in [1.54, 1.807) is 0 Å². The molecule has 0 radical (unpaired) electrons. The Morgan fingerprint density at radius 3 is 2.58 bits per heavy atom. The zero-order valence-corrected chi connectivity index (χ0v) is 14.2. The molecule has 1 amide bonds. The molecule has 1 saturated heterocycles. The summed E-state index contributed by atoms with van der Waals surface area (Å²) in [5, 5.41) is 0. The number of primary amides is 1. The molecule has 0 bridgehead atoms. The number of aryl methyl sites for hydroxylation is 2. The normalized spacial score (nSPS) is 17.3.